The molecule has 1 spiro atoms. The molecule has 6 heteroatoms. The highest BCUT2D eigenvalue weighted by Crippen LogP contribution is 2.38. The molecule has 2 aliphatic heterocycles. The molecular formula is C18H24N2O4. The Bertz CT molecular complexity index is 596. The lowest BCUT2D eigenvalue weighted by Crippen LogP contribution is -2.57. The largest absolute Gasteiger partial charge is 0.480 e. The zero-order valence-corrected chi connectivity index (χ0v) is 14.0. The number of rotatable bonds is 4. The van der Waals surface area contributed by atoms with Crippen molar-refractivity contribution in [3.05, 3.63) is 35.9 Å². The number of piperidine rings is 1. The average molecular weight is 332 g/mol. The van der Waals surface area contributed by atoms with Crippen molar-refractivity contribution in [2.24, 2.45) is 0 Å². The number of carbonyl (C=O) groups excluding carboxylic acids is 1. The van der Waals surface area contributed by atoms with E-state index in [2.05, 4.69) is 17.0 Å². The lowest BCUT2D eigenvalue weighted by atomic mass is 9.97. The molecule has 1 amide bonds. The van der Waals surface area contributed by atoms with Crippen LogP contribution in [-0.2, 0) is 20.9 Å². The predicted molar refractivity (Wildman–Crippen MR) is 88.2 cm³/mol. The van der Waals surface area contributed by atoms with E-state index in [1.54, 1.807) is 6.92 Å². The molecule has 1 N–H and O–H groups in total. The maximum Gasteiger partial charge on any atom is 0.328 e. The number of carboxylic acid groups (broad SMARTS) is 1. The van der Waals surface area contributed by atoms with Crippen LogP contribution in [0.2, 0.25) is 0 Å². The summed E-state index contributed by atoms with van der Waals surface area (Å²) in [6, 6.07) is 9.40. The van der Waals surface area contributed by atoms with Crippen LogP contribution in [-0.4, -0.2) is 58.2 Å². The van der Waals surface area contributed by atoms with E-state index in [1.807, 2.05) is 18.2 Å². The van der Waals surface area contributed by atoms with Crippen molar-refractivity contribution >= 4 is 11.9 Å². The predicted octanol–water partition coefficient (Wildman–Crippen LogP) is 1.70. The summed E-state index contributed by atoms with van der Waals surface area (Å²) in [6.07, 6.45) is 1.59. The molecule has 2 saturated heterocycles. The molecule has 2 heterocycles. The number of carboxylic acids is 1. The number of carbonyl (C=O) groups is 2. The summed E-state index contributed by atoms with van der Waals surface area (Å²) < 4.78 is 5.89. The van der Waals surface area contributed by atoms with Gasteiger partial charge in [0.05, 0.1) is 6.61 Å². The SMILES string of the molecule is CCC(=O)N1C(C(=O)O)COC12CCN(Cc1ccccc1)CC2. The number of hydrogen-bond donors (Lipinski definition) is 1. The maximum absolute atomic E-state index is 12.3. The standard InChI is InChI=1S/C18H24N2O4/c1-2-16(21)20-15(17(22)23)13-24-18(20)8-10-19(11-9-18)12-14-6-4-3-5-7-14/h3-7,15H,2,8-13H2,1H3,(H,22,23). The first-order chi connectivity index (χ1) is 11.6. The molecule has 1 atom stereocenters. The van der Waals surface area contributed by atoms with Gasteiger partial charge in [-0.05, 0) is 5.56 Å². The maximum atomic E-state index is 12.3. The summed E-state index contributed by atoms with van der Waals surface area (Å²) in [7, 11) is 0. The molecular weight excluding hydrogens is 308 g/mol. The van der Waals surface area contributed by atoms with Gasteiger partial charge in [0.15, 0.2) is 6.04 Å². The van der Waals surface area contributed by atoms with Crippen molar-refractivity contribution in [1.29, 1.82) is 0 Å². The van der Waals surface area contributed by atoms with Gasteiger partial charge in [0.1, 0.15) is 5.72 Å². The third-order valence-corrected chi connectivity index (χ3v) is 5.00. The van der Waals surface area contributed by atoms with E-state index >= 15 is 0 Å². The van der Waals surface area contributed by atoms with Gasteiger partial charge in [-0.3, -0.25) is 14.6 Å². The highest BCUT2D eigenvalue weighted by Gasteiger charge is 2.53. The number of nitrogens with zero attached hydrogens (tertiary/aromatic N) is 2. The molecule has 0 saturated carbocycles. The van der Waals surface area contributed by atoms with Crippen LogP contribution < -0.4 is 0 Å². The van der Waals surface area contributed by atoms with Gasteiger partial charge in [0.25, 0.3) is 0 Å². The van der Waals surface area contributed by atoms with E-state index in [0.717, 1.165) is 19.6 Å². The molecule has 1 aromatic carbocycles. The van der Waals surface area contributed by atoms with Gasteiger partial charge in [0, 0.05) is 38.9 Å². The van der Waals surface area contributed by atoms with E-state index in [1.165, 1.54) is 10.5 Å². The second-order valence-corrected chi connectivity index (χ2v) is 6.49. The molecule has 1 aromatic rings. The molecule has 6 nitrogen and oxygen atoms in total. The Labute approximate surface area is 142 Å². The van der Waals surface area contributed by atoms with E-state index in [0.29, 0.717) is 19.3 Å². The number of hydrogen-bond acceptors (Lipinski definition) is 4. The van der Waals surface area contributed by atoms with Crippen LogP contribution >= 0.6 is 0 Å². The Kier molecular flexibility index (Phi) is 4.87. The monoisotopic (exact) mass is 332 g/mol. The Balaban J connectivity index is 1.69. The number of ether oxygens (including phenoxy) is 1. The Morgan fingerprint density at radius 2 is 1.92 bits per heavy atom. The summed E-state index contributed by atoms with van der Waals surface area (Å²) in [6.45, 7) is 4.28. The Morgan fingerprint density at radius 3 is 2.50 bits per heavy atom. The van der Waals surface area contributed by atoms with Crippen molar-refractivity contribution in [3.8, 4) is 0 Å². The zero-order valence-electron chi connectivity index (χ0n) is 14.0. The normalized spacial score (nSPS) is 23.5. The fraction of sp³-hybridized carbons (Fsp3) is 0.556. The second kappa shape index (κ2) is 6.91. The van der Waals surface area contributed by atoms with Gasteiger partial charge in [-0.25, -0.2) is 4.79 Å². The first kappa shape index (κ1) is 16.9. The van der Waals surface area contributed by atoms with Crippen molar-refractivity contribution in [1.82, 2.24) is 9.80 Å². The van der Waals surface area contributed by atoms with Crippen molar-refractivity contribution in [2.45, 2.75) is 44.5 Å². The van der Waals surface area contributed by atoms with Crippen LogP contribution in [0.1, 0.15) is 31.7 Å². The summed E-state index contributed by atoms with van der Waals surface area (Å²) in [4.78, 5) is 27.6. The topological polar surface area (TPSA) is 70.1 Å². The summed E-state index contributed by atoms with van der Waals surface area (Å²) in [5.74, 6) is -1.13. The number of amides is 1. The minimum atomic E-state index is -0.986. The molecule has 130 valence electrons. The molecule has 0 aliphatic carbocycles. The molecule has 0 aromatic heterocycles. The van der Waals surface area contributed by atoms with E-state index in [4.69, 9.17) is 4.74 Å². The van der Waals surface area contributed by atoms with Gasteiger partial charge in [-0.2, -0.15) is 0 Å². The lowest BCUT2D eigenvalue weighted by molar-refractivity contribution is -0.166. The highest BCUT2D eigenvalue weighted by atomic mass is 16.5. The number of likely N-dealkylation sites (tertiary alicyclic amines) is 1. The number of aliphatic carboxylic acids is 1. The molecule has 3 rings (SSSR count). The Hall–Kier alpha value is -1.92. The first-order valence-electron chi connectivity index (χ1n) is 8.51. The fourth-order valence-corrected chi connectivity index (χ4v) is 3.70. The summed E-state index contributed by atoms with van der Waals surface area (Å²) in [5.41, 5.74) is 0.509. The number of benzene rings is 1. The van der Waals surface area contributed by atoms with Gasteiger partial charge in [0.2, 0.25) is 5.91 Å². The lowest BCUT2D eigenvalue weighted by Gasteiger charge is -2.44. The van der Waals surface area contributed by atoms with Crippen LogP contribution in [0.5, 0.6) is 0 Å². The Morgan fingerprint density at radius 1 is 1.25 bits per heavy atom. The minimum absolute atomic E-state index is 0.0831. The minimum Gasteiger partial charge on any atom is -0.480 e. The highest BCUT2D eigenvalue weighted by molar-refractivity contribution is 5.84. The van der Waals surface area contributed by atoms with Gasteiger partial charge in [-0.15, -0.1) is 0 Å². The summed E-state index contributed by atoms with van der Waals surface area (Å²) >= 11 is 0. The molecule has 1 unspecified atom stereocenters. The van der Waals surface area contributed by atoms with E-state index < -0.39 is 17.7 Å². The molecule has 0 bridgehead atoms. The summed E-state index contributed by atoms with van der Waals surface area (Å²) in [5, 5.41) is 9.40. The van der Waals surface area contributed by atoms with E-state index in [9.17, 15) is 14.7 Å². The molecule has 2 fully saturated rings. The first-order valence-corrected chi connectivity index (χ1v) is 8.51. The smallest absolute Gasteiger partial charge is 0.328 e. The zero-order chi connectivity index (χ0) is 17.2. The van der Waals surface area contributed by atoms with Crippen LogP contribution in [0.25, 0.3) is 0 Å². The third kappa shape index (κ3) is 3.16. The molecule has 2 aliphatic rings. The van der Waals surface area contributed by atoms with Crippen LogP contribution in [0.3, 0.4) is 0 Å². The van der Waals surface area contributed by atoms with Gasteiger partial charge >= 0.3 is 5.97 Å². The van der Waals surface area contributed by atoms with Crippen LogP contribution in [0.4, 0.5) is 0 Å². The van der Waals surface area contributed by atoms with E-state index in [-0.39, 0.29) is 12.5 Å². The van der Waals surface area contributed by atoms with Gasteiger partial charge < -0.3 is 9.84 Å². The van der Waals surface area contributed by atoms with Crippen molar-refractivity contribution < 1.29 is 19.4 Å². The second-order valence-electron chi connectivity index (χ2n) is 6.49. The quantitative estimate of drug-likeness (QED) is 0.909. The third-order valence-electron chi connectivity index (χ3n) is 5.00. The molecule has 0 radical (unpaired) electrons. The fourth-order valence-electron chi connectivity index (χ4n) is 3.70. The van der Waals surface area contributed by atoms with Gasteiger partial charge in [-0.1, -0.05) is 37.3 Å². The van der Waals surface area contributed by atoms with Crippen LogP contribution in [0.15, 0.2) is 30.3 Å². The van der Waals surface area contributed by atoms with Crippen LogP contribution in [0, 0.1) is 0 Å². The average Bonchev–Trinajstić information content (AvgIpc) is 2.97. The molecule has 24 heavy (non-hydrogen) atoms. The van der Waals surface area contributed by atoms with Crippen molar-refractivity contribution in [3.63, 3.8) is 0 Å². The van der Waals surface area contributed by atoms with Crippen molar-refractivity contribution in [2.75, 3.05) is 19.7 Å².